The van der Waals surface area contributed by atoms with Gasteiger partial charge in [-0.2, -0.15) is 0 Å². The molecule has 8 heteroatoms. The molecule has 1 aliphatic rings. The van der Waals surface area contributed by atoms with Crippen molar-refractivity contribution in [1.29, 1.82) is 0 Å². The molecule has 0 radical (unpaired) electrons. The predicted octanol–water partition coefficient (Wildman–Crippen LogP) is 3.14. The summed E-state index contributed by atoms with van der Waals surface area (Å²) in [6, 6.07) is 16.0. The summed E-state index contributed by atoms with van der Waals surface area (Å²) in [7, 11) is 0. The van der Waals surface area contributed by atoms with Gasteiger partial charge in [-0.05, 0) is 43.3 Å². The van der Waals surface area contributed by atoms with Crippen molar-refractivity contribution in [2.24, 2.45) is 0 Å². The molecule has 1 aliphatic heterocycles. The smallest absolute Gasteiger partial charge is 0.234 e. The first-order valence-electron chi connectivity index (χ1n) is 9.51. The second-order valence-electron chi connectivity index (χ2n) is 6.80. The fraction of sp³-hybridized carbons (Fsp3) is 0.286. The molecule has 2 heterocycles. The molecule has 2 aromatic carbocycles. The number of thioether (sulfide) groups is 1. The summed E-state index contributed by atoms with van der Waals surface area (Å²) in [5, 5.41) is 11.7. The first-order chi connectivity index (χ1) is 14.2. The van der Waals surface area contributed by atoms with Gasteiger partial charge in [0.05, 0.1) is 19.0 Å². The second kappa shape index (κ2) is 9.11. The summed E-state index contributed by atoms with van der Waals surface area (Å²) in [6.45, 7) is 5.34. The summed E-state index contributed by atoms with van der Waals surface area (Å²) >= 11 is 1.36. The van der Waals surface area contributed by atoms with Crippen LogP contribution in [0.15, 0.2) is 60.0 Å². The number of morpholine rings is 1. The third-order valence-electron chi connectivity index (χ3n) is 4.69. The average molecular weight is 410 g/mol. The van der Waals surface area contributed by atoms with E-state index in [4.69, 9.17) is 4.74 Å². The van der Waals surface area contributed by atoms with Crippen LogP contribution in [0.1, 0.15) is 5.56 Å². The molecule has 1 saturated heterocycles. The number of hydrogen-bond acceptors (Lipinski definition) is 6. The number of aromatic nitrogens is 3. The number of carbonyl (C=O) groups excluding carboxylic acids is 1. The van der Waals surface area contributed by atoms with Gasteiger partial charge in [0.15, 0.2) is 5.16 Å². The van der Waals surface area contributed by atoms with Crippen LogP contribution in [-0.2, 0) is 9.53 Å². The van der Waals surface area contributed by atoms with Gasteiger partial charge >= 0.3 is 0 Å². The summed E-state index contributed by atoms with van der Waals surface area (Å²) in [6.07, 6.45) is 1.66. The van der Waals surface area contributed by atoms with Crippen molar-refractivity contribution in [2.75, 3.05) is 42.3 Å². The van der Waals surface area contributed by atoms with Crippen LogP contribution in [0.4, 0.5) is 11.4 Å². The molecule has 150 valence electrons. The van der Waals surface area contributed by atoms with E-state index in [1.54, 1.807) is 6.33 Å². The Morgan fingerprint density at radius 1 is 1.07 bits per heavy atom. The van der Waals surface area contributed by atoms with Crippen molar-refractivity contribution in [3.63, 3.8) is 0 Å². The van der Waals surface area contributed by atoms with Gasteiger partial charge in [0.1, 0.15) is 6.33 Å². The Morgan fingerprint density at radius 2 is 1.76 bits per heavy atom. The Morgan fingerprint density at radius 3 is 2.48 bits per heavy atom. The van der Waals surface area contributed by atoms with Crippen molar-refractivity contribution in [3.8, 4) is 5.69 Å². The highest BCUT2D eigenvalue weighted by Gasteiger charge is 2.12. The number of anilines is 2. The lowest BCUT2D eigenvalue weighted by Crippen LogP contribution is -2.36. The molecular weight excluding hydrogens is 386 g/mol. The van der Waals surface area contributed by atoms with Gasteiger partial charge in [-0.3, -0.25) is 9.36 Å². The Balaban J connectivity index is 1.33. The lowest BCUT2D eigenvalue weighted by Gasteiger charge is -2.28. The number of nitrogens with zero attached hydrogens (tertiary/aromatic N) is 4. The number of aryl methyl sites for hydroxylation is 1. The lowest BCUT2D eigenvalue weighted by atomic mass is 10.2. The highest BCUT2D eigenvalue weighted by Crippen LogP contribution is 2.22. The van der Waals surface area contributed by atoms with Crippen molar-refractivity contribution < 1.29 is 9.53 Å². The topological polar surface area (TPSA) is 72.3 Å². The van der Waals surface area contributed by atoms with Crippen LogP contribution in [0.3, 0.4) is 0 Å². The minimum Gasteiger partial charge on any atom is -0.378 e. The minimum atomic E-state index is -0.0763. The van der Waals surface area contributed by atoms with Gasteiger partial charge in [-0.25, -0.2) is 0 Å². The first kappa shape index (κ1) is 19.5. The molecule has 0 aliphatic carbocycles. The SMILES string of the molecule is Cc1ccc(-n2cnnc2SCC(=O)Nc2ccc(N3CCOCC3)cc2)cc1. The molecule has 0 atom stereocenters. The Labute approximate surface area is 174 Å². The normalized spacial score (nSPS) is 14.0. The van der Waals surface area contributed by atoms with E-state index in [1.807, 2.05) is 60.0 Å². The lowest BCUT2D eigenvalue weighted by molar-refractivity contribution is -0.113. The zero-order chi connectivity index (χ0) is 20.1. The maximum Gasteiger partial charge on any atom is 0.234 e. The molecule has 7 nitrogen and oxygen atoms in total. The van der Waals surface area contributed by atoms with E-state index in [9.17, 15) is 4.79 Å². The zero-order valence-corrected chi connectivity index (χ0v) is 17.1. The molecule has 1 aromatic heterocycles. The van der Waals surface area contributed by atoms with Crippen LogP contribution in [0.25, 0.3) is 5.69 Å². The number of ether oxygens (including phenoxy) is 1. The minimum absolute atomic E-state index is 0.0763. The van der Waals surface area contributed by atoms with Crippen LogP contribution in [-0.4, -0.2) is 52.7 Å². The summed E-state index contributed by atoms with van der Waals surface area (Å²) in [5.74, 6) is 0.183. The second-order valence-corrected chi connectivity index (χ2v) is 7.74. The summed E-state index contributed by atoms with van der Waals surface area (Å²) in [4.78, 5) is 14.7. The average Bonchev–Trinajstić information content (AvgIpc) is 3.23. The number of hydrogen-bond donors (Lipinski definition) is 1. The molecule has 1 amide bonds. The van der Waals surface area contributed by atoms with Gasteiger partial charge < -0.3 is 15.0 Å². The highest BCUT2D eigenvalue weighted by atomic mass is 32.2. The third kappa shape index (κ3) is 4.96. The van der Waals surface area contributed by atoms with Crippen molar-refractivity contribution in [1.82, 2.24) is 14.8 Å². The Kier molecular flexibility index (Phi) is 6.12. The maximum absolute atomic E-state index is 12.4. The predicted molar refractivity (Wildman–Crippen MR) is 115 cm³/mol. The van der Waals surface area contributed by atoms with Crippen LogP contribution >= 0.6 is 11.8 Å². The molecule has 0 unspecified atom stereocenters. The van der Waals surface area contributed by atoms with Gasteiger partial charge in [0.2, 0.25) is 5.91 Å². The largest absolute Gasteiger partial charge is 0.378 e. The van der Waals surface area contributed by atoms with E-state index >= 15 is 0 Å². The molecule has 0 bridgehead atoms. The summed E-state index contributed by atoms with van der Waals surface area (Å²) < 4.78 is 7.27. The standard InChI is InChI=1S/C21H23N5O2S/c1-16-2-6-19(7-3-16)26-15-22-24-21(26)29-14-20(27)23-17-4-8-18(9-5-17)25-10-12-28-13-11-25/h2-9,15H,10-14H2,1H3,(H,23,27). The van der Waals surface area contributed by atoms with Crippen molar-refractivity contribution in [2.45, 2.75) is 12.1 Å². The Bertz CT molecular complexity index is 950. The van der Waals surface area contributed by atoms with E-state index < -0.39 is 0 Å². The van der Waals surface area contributed by atoms with Crippen molar-refractivity contribution >= 4 is 29.0 Å². The highest BCUT2D eigenvalue weighted by molar-refractivity contribution is 7.99. The van der Waals surface area contributed by atoms with E-state index in [2.05, 4.69) is 20.4 Å². The van der Waals surface area contributed by atoms with Gasteiger partial charge in [-0.15, -0.1) is 10.2 Å². The molecule has 0 saturated carbocycles. The fourth-order valence-corrected chi connectivity index (χ4v) is 3.84. The number of carbonyl (C=O) groups is 1. The van der Waals surface area contributed by atoms with E-state index in [0.717, 1.165) is 43.4 Å². The maximum atomic E-state index is 12.4. The quantitative estimate of drug-likeness (QED) is 0.631. The van der Waals surface area contributed by atoms with Gasteiger partial charge in [-0.1, -0.05) is 29.5 Å². The summed E-state index contributed by atoms with van der Waals surface area (Å²) in [5.41, 5.74) is 4.09. The number of nitrogens with one attached hydrogen (secondary N) is 1. The zero-order valence-electron chi connectivity index (χ0n) is 16.2. The van der Waals surface area contributed by atoms with E-state index in [1.165, 1.54) is 17.3 Å². The van der Waals surface area contributed by atoms with Crippen LogP contribution in [0.5, 0.6) is 0 Å². The van der Waals surface area contributed by atoms with E-state index in [-0.39, 0.29) is 11.7 Å². The number of rotatable bonds is 6. The molecule has 4 rings (SSSR count). The van der Waals surface area contributed by atoms with E-state index in [0.29, 0.717) is 5.16 Å². The molecule has 29 heavy (non-hydrogen) atoms. The molecule has 1 fully saturated rings. The number of amides is 1. The molecule has 3 aromatic rings. The third-order valence-corrected chi connectivity index (χ3v) is 5.63. The fourth-order valence-electron chi connectivity index (χ4n) is 3.11. The number of benzene rings is 2. The molecular formula is C21H23N5O2S. The molecule has 0 spiro atoms. The molecule has 1 N–H and O–H groups in total. The van der Waals surface area contributed by atoms with Gasteiger partial charge in [0, 0.05) is 30.2 Å². The monoisotopic (exact) mass is 409 g/mol. The Hall–Kier alpha value is -2.84. The van der Waals surface area contributed by atoms with Crippen LogP contribution in [0, 0.1) is 6.92 Å². The first-order valence-corrected chi connectivity index (χ1v) is 10.5. The van der Waals surface area contributed by atoms with Crippen molar-refractivity contribution in [3.05, 3.63) is 60.4 Å². The van der Waals surface area contributed by atoms with Crippen LogP contribution in [0.2, 0.25) is 0 Å². The van der Waals surface area contributed by atoms with Gasteiger partial charge in [0.25, 0.3) is 0 Å². The van der Waals surface area contributed by atoms with Crippen LogP contribution < -0.4 is 10.2 Å².